The van der Waals surface area contributed by atoms with Gasteiger partial charge in [-0.05, 0) is 25.3 Å². The summed E-state index contributed by atoms with van der Waals surface area (Å²) in [5, 5.41) is 0. The van der Waals surface area contributed by atoms with Gasteiger partial charge in [-0.3, -0.25) is 0 Å². The molecular weight excluding hydrogens is 266 g/mol. The Morgan fingerprint density at radius 3 is 1.50 bits per heavy atom. The third kappa shape index (κ3) is 16.1. The lowest BCUT2D eigenvalue weighted by atomic mass is 10.0. The second-order valence-corrected chi connectivity index (χ2v) is 7.56. The predicted octanol–water partition coefficient (Wildman–Crippen LogP) is 7.08. The zero-order chi connectivity index (χ0) is 16.5. The summed E-state index contributed by atoms with van der Waals surface area (Å²) in [6.45, 7) is 5.80. The van der Waals surface area contributed by atoms with Crippen molar-refractivity contribution in [1.82, 2.24) is 0 Å². The van der Waals surface area contributed by atoms with Gasteiger partial charge in [0, 0.05) is 0 Å². The Kier molecular flexibility index (Phi) is 15.4. The molecule has 0 aliphatic rings. The van der Waals surface area contributed by atoms with Gasteiger partial charge >= 0.3 is 0 Å². The fourth-order valence-corrected chi connectivity index (χ4v) is 3.11. The molecule has 0 atom stereocenters. The highest BCUT2D eigenvalue weighted by Gasteiger charge is 2.07. The Labute approximate surface area is 141 Å². The SMILES string of the molecule is CCCCCCCCCCCCCCC=C[N+](C)(C)CCC. The van der Waals surface area contributed by atoms with Gasteiger partial charge in [-0.15, -0.1) is 0 Å². The van der Waals surface area contributed by atoms with Crippen molar-refractivity contribution in [2.45, 2.75) is 104 Å². The Morgan fingerprint density at radius 2 is 1.05 bits per heavy atom. The number of nitrogens with zero attached hydrogens (tertiary/aromatic N) is 1. The lowest BCUT2D eigenvalue weighted by Crippen LogP contribution is -2.33. The third-order valence-electron chi connectivity index (χ3n) is 4.53. The Bertz CT molecular complexity index is 242. The molecule has 0 fully saturated rings. The van der Waals surface area contributed by atoms with Gasteiger partial charge < -0.3 is 4.48 Å². The van der Waals surface area contributed by atoms with Crippen LogP contribution in [0.3, 0.4) is 0 Å². The second kappa shape index (κ2) is 15.6. The average Bonchev–Trinajstić information content (AvgIpc) is 2.47. The van der Waals surface area contributed by atoms with E-state index in [9.17, 15) is 0 Å². The molecule has 22 heavy (non-hydrogen) atoms. The first-order valence-corrected chi connectivity index (χ1v) is 10.1. The molecule has 1 nitrogen and oxygen atoms in total. The number of allylic oxidation sites excluding steroid dienone is 1. The summed E-state index contributed by atoms with van der Waals surface area (Å²) in [6.07, 6.45) is 24.6. The summed E-state index contributed by atoms with van der Waals surface area (Å²) in [6, 6.07) is 0. The van der Waals surface area contributed by atoms with E-state index in [2.05, 4.69) is 40.2 Å². The Balaban J connectivity index is 3.22. The van der Waals surface area contributed by atoms with Crippen LogP contribution in [0.15, 0.2) is 12.3 Å². The normalized spacial score (nSPS) is 12.4. The topological polar surface area (TPSA) is 0 Å². The van der Waals surface area contributed by atoms with Crippen LogP contribution in [-0.2, 0) is 0 Å². The van der Waals surface area contributed by atoms with E-state index in [-0.39, 0.29) is 0 Å². The maximum Gasteiger partial charge on any atom is 0.0913 e. The molecule has 0 saturated heterocycles. The average molecular weight is 311 g/mol. The van der Waals surface area contributed by atoms with Gasteiger partial charge in [-0.25, -0.2) is 0 Å². The lowest BCUT2D eigenvalue weighted by Gasteiger charge is -2.24. The zero-order valence-electron chi connectivity index (χ0n) is 16.2. The number of quaternary nitrogens is 1. The van der Waals surface area contributed by atoms with Gasteiger partial charge in [0.25, 0.3) is 0 Å². The van der Waals surface area contributed by atoms with Crippen LogP contribution in [-0.4, -0.2) is 25.1 Å². The van der Waals surface area contributed by atoms with Crippen molar-refractivity contribution in [2.75, 3.05) is 20.6 Å². The summed E-state index contributed by atoms with van der Waals surface area (Å²) in [5.41, 5.74) is 0. The molecule has 0 rings (SSSR count). The fourth-order valence-electron chi connectivity index (χ4n) is 3.11. The lowest BCUT2D eigenvalue weighted by molar-refractivity contribution is -0.839. The molecule has 0 N–H and O–H groups in total. The van der Waals surface area contributed by atoms with Crippen LogP contribution in [0.4, 0.5) is 0 Å². The van der Waals surface area contributed by atoms with Crippen molar-refractivity contribution in [1.29, 1.82) is 0 Å². The summed E-state index contributed by atoms with van der Waals surface area (Å²) in [5.74, 6) is 0. The van der Waals surface area contributed by atoms with Crippen LogP contribution < -0.4 is 0 Å². The number of rotatable bonds is 16. The van der Waals surface area contributed by atoms with Crippen LogP contribution in [0, 0.1) is 0 Å². The standard InChI is InChI=1S/C21H44N/c1-5-7-8-9-10-11-12-13-14-15-16-17-18-19-21-22(3,4)20-6-2/h19,21H,5-18,20H2,1-4H3/q+1. The van der Waals surface area contributed by atoms with Crippen molar-refractivity contribution in [2.24, 2.45) is 0 Å². The quantitative estimate of drug-likeness (QED) is 0.211. The molecule has 0 aromatic heterocycles. The maximum absolute atomic E-state index is 2.39. The van der Waals surface area contributed by atoms with E-state index >= 15 is 0 Å². The molecule has 132 valence electrons. The highest BCUT2D eigenvalue weighted by molar-refractivity contribution is 4.73. The molecule has 0 aliphatic carbocycles. The predicted molar refractivity (Wildman–Crippen MR) is 102 cm³/mol. The van der Waals surface area contributed by atoms with E-state index in [0.717, 1.165) is 4.48 Å². The van der Waals surface area contributed by atoms with Gasteiger partial charge in [0.2, 0.25) is 0 Å². The fraction of sp³-hybridized carbons (Fsp3) is 0.905. The smallest absolute Gasteiger partial charge is 0.0913 e. The van der Waals surface area contributed by atoms with E-state index < -0.39 is 0 Å². The molecule has 1 heteroatoms. The molecule has 0 unspecified atom stereocenters. The van der Waals surface area contributed by atoms with Crippen LogP contribution in [0.25, 0.3) is 0 Å². The molecule has 0 aromatic rings. The van der Waals surface area contributed by atoms with Crippen molar-refractivity contribution in [3.63, 3.8) is 0 Å². The summed E-state index contributed by atoms with van der Waals surface area (Å²) in [7, 11) is 4.59. The van der Waals surface area contributed by atoms with Gasteiger partial charge in [-0.1, -0.05) is 84.5 Å². The molecule has 0 spiro atoms. The largest absolute Gasteiger partial charge is 0.302 e. The van der Waals surface area contributed by atoms with Crippen LogP contribution >= 0.6 is 0 Å². The molecule has 0 radical (unpaired) electrons. The van der Waals surface area contributed by atoms with Crippen LogP contribution in [0.5, 0.6) is 0 Å². The highest BCUT2D eigenvalue weighted by Crippen LogP contribution is 2.12. The number of unbranched alkanes of at least 4 members (excludes halogenated alkanes) is 12. The second-order valence-electron chi connectivity index (χ2n) is 7.56. The Hall–Kier alpha value is -0.300. The molecule has 0 bridgehead atoms. The molecule has 0 saturated carbocycles. The monoisotopic (exact) mass is 310 g/mol. The maximum atomic E-state index is 2.39. The first-order valence-electron chi connectivity index (χ1n) is 10.1. The Morgan fingerprint density at radius 1 is 0.591 bits per heavy atom. The molecule has 0 heterocycles. The molecule has 0 aliphatic heterocycles. The molecule has 0 amide bonds. The van der Waals surface area contributed by atoms with Gasteiger partial charge in [0.1, 0.15) is 0 Å². The minimum atomic E-state index is 1.04. The molecular formula is C21H44N+. The number of hydrogen-bond acceptors (Lipinski definition) is 0. The summed E-state index contributed by atoms with van der Waals surface area (Å²) < 4.78 is 1.04. The number of hydrogen-bond donors (Lipinski definition) is 0. The van der Waals surface area contributed by atoms with Crippen molar-refractivity contribution in [3.05, 3.63) is 12.3 Å². The summed E-state index contributed by atoms with van der Waals surface area (Å²) >= 11 is 0. The molecule has 0 aromatic carbocycles. The van der Waals surface area contributed by atoms with E-state index in [1.165, 1.54) is 96.4 Å². The van der Waals surface area contributed by atoms with Crippen molar-refractivity contribution >= 4 is 0 Å². The van der Waals surface area contributed by atoms with E-state index in [1.54, 1.807) is 0 Å². The summed E-state index contributed by atoms with van der Waals surface area (Å²) in [4.78, 5) is 0. The van der Waals surface area contributed by atoms with Gasteiger partial charge in [0.15, 0.2) is 0 Å². The van der Waals surface area contributed by atoms with Gasteiger partial charge in [-0.2, -0.15) is 0 Å². The van der Waals surface area contributed by atoms with Crippen molar-refractivity contribution < 1.29 is 4.48 Å². The van der Waals surface area contributed by atoms with Crippen LogP contribution in [0.1, 0.15) is 104 Å². The van der Waals surface area contributed by atoms with E-state index in [1.807, 2.05) is 0 Å². The first kappa shape index (κ1) is 21.7. The van der Waals surface area contributed by atoms with Crippen LogP contribution in [0.2, 0.25) is 0 Å². The minimum absolute atomic E-state index is 1.04. The van der Waals surface area contributed by atoms with Gasteiger partial charge in [0.05, 0.1) is 26.8 Å². The highest BCUT2D eigenvalue weighted by atomic mass is 15.3. The third-order valence-corrected chi connectivity index (χ3v) is 4.53. The minimum Gasteiger partial charge on any atom is -0.302 e. The zero-order valence-corrected chi connectivity index (χ0v) is 16.2. The van der Waals surface area contributed by atoms with Crippen molar-refractivity contribution in [3.8, 4) is 0 Å². The van der Waals surface area contributed by atoms with E-state index in [0.29, 0.717) is 0 Å². The van der Waals surface area contributed by atoms with E-state index in [4.69, 9.17) is 0 Å². The first-order chi connectivity index (χ1) is 10.6.